The van der Waals surface area contributed by atoms with Crippen molar-refractivity contribution in [3.63, 3.8) is 0 Å². The molecule has 0 bridgehead atoms. The summed E-state index contributed by atoms with van der Waals surface area (Å²) in [6, 6.07) is 0. The number of aliphatic hydroxyl groups excluding tert-OH is 1. The zero-order chi connectivity index (χ0) is 11.5. The fourth-order valence-electron chi connectivity index (χ4n) is 1.39. The number of aliphatic hydroxyl groups is 1. The van der Waals surface area contributed by atoms with Crippen LogP contribution in [0.4, 0.5) is 0 Å². The first kappa shape index (κ1) is 15.4. The molecule has 2 nitrogen and oxygen atoms in total. The third kappa shape index (κ3) is 10.7. The predicted octanol–water partition coefficient (Wildman–Crippen LogP) is 2.70. The molecule has 0 aromatic heterocycles. The standard InChI is InChI=1S/C11H23ClO2S/c1-2-3-4-5-6-7-8-15(14)10-11(13)9-12/h11,13H,2-10H2,1H3. The molecule has 15 heavy (non-hydrogen) atoms. The van der Waals surface area contributed by atoms with Crippen LogP contribution in [0, 0.1) is 0 Å². The van der Waals surface area contributed by atoms with Crippen molar-refractivity contribution in [2.24, 2.45) is 0 Å². The van der Waals surface area contributed by atoms with E-state index in [0.29, 0.717) is 11.5 Å². The second kappa shape index (κ2) is 10.9. The Morgan fingerprint density at radius 3 is 2.40 bits per heavy atom. The van der Waals surface area contributed by atoms with Crippen molar-refractivity contribution in [3.8, 4) is 0 Å². The third-order valence-electron chi connectivity index (χ3n) is 2.28. The van der Waals surface area contributed by atoms with E-state index in [2.05, 4.69) is 6.92 Å². The fraction of sp³-hybridized carbons (Fsp3) is 1.00. The van der Waals surface area contributed by atoms with Crippen molar-refractivity contribution in [2.45, 2.75) is 51.6 Å². The van der Waals surface area contributed by atoms with E-state index in [1.165, 1.54) is 25.7 Å². The van der Waals surface area contributed by atoms with Gasteiger partial charge in [0.1, 0.15) is 0 Å². The number of hydrogen-bond acceptors (Lipinski definition) is 2. The van der Waals surface area contributed by atoms with E-state index in [-0.39, 0.29) is 5.88 Å². The van der Waals surface area contributed by atoms with Gasteiger partial charge in [-0.05, 0) is 6.42 Å². The molecule has 0 aromatic rings. The summed E-state index contributed by atoms with van der Waals surface area (Å²) in [5.41, 5.74) is 0. The Hall–Kier alpha value is 0.400. The van der Waals surface area contributed by atoms with Crippen molar-refractivity contribution >= 4 is 22.4 Å². The maximum atomic E-state index is 11.4. The van der Waals surface area contributed by atoms with Gasteiger partial charge < -0.3 is 5.11 Å². The molecular formula is C11H23ClO2S. The summed E-state index contributed by atoms with van der Waals surface area (Å²) in [7, 11) is -0.892. The average Bonchev–Trinajstić information content (AvgIpc) is 2.23. The SMILES string of the molecule is CCCCCCCCS(=O)CC(O)CCl. The molecule has 0 aliphatic heterocycles. The van der Waals surface area contributed by atoms with Crippen LogP contribution in [0.15, 0.2) is 0 Å². The minimum absolute atomic E-state index is 0.183. The molecule has 0 amide bonds. The lowest BCUT2D eigenvalue weighted by atomic mass is 10.1. The topological polar surface area (TPSA) is 37.3 Å². The quantitative estimate of drug-likeness (QED) is 0.481. The van der Waals surface area contributed by atoms with Gasteiger partial charge in [-0.15, -0.1) is 11.6 Å². The molecule has 0 aromatic carbocycles. The van der Waals surface area contributed by atoms with E-state index in [1.54, 1.807) is 0 Å². The largest absolute Gasteiger partial charge is 0.391 e. The summed E-state index contributed by atoms with van der Waals surface area (Å²) in [6.45, 7) is 2.20. The molecule has 1 N–H and O–H groups in total. The lowest BCUT2D eigenvalue weighted by Crippen LogP contribution is -2.19. The average molecular weight is 255 g/mol. The van der Waals surface area contributed by atoms with Gasteiger partial charge >= 0.3 is 0 Å². The van der Waals surface area contributed by atoms with Gasteiger partial charge in [0, 0.05) is 22.4 Å². The Balaban J connectivity index is 3.24. The summed E-state index contributed by atoms with van der Waals surface area (Å²) in [5, 5.41) is 9.18. The van der Waals surface area contributed by atoms with Crippen LogP contribution < -0.4 is 0 Å². The molecule has 0 saturated heterocycles. The van der Waals surface area contributed by atoms with E-state index in [9.17, 15) is 9.32 Å². The van der Waals surface area contributed by atoms with Gasteiger partial charge in [-0.25, -0.2) is 0 Å². The molecule has 0 aliphatic carbocycles. The third-order valence-corrected chi connectivity index (χ3v) is 4.14. The number of halogens is 1. The predicted molar refractivity (Wildman–Crippen MR) is 68.0 cm³/mol. The van der Waals surface area contributed by atoms with Crippen molar-refractivity contribution in [1.82, 2.24) is 0 Å². The van der Waals surface area contributed by atoms with Crippen LogP contribution in [0.1, 0.15) is 45.4 Å². The second-order valence-corrected chi connectivity index (χ2v) is 5.82. The molecule has 0 radical (unpaired) electrons. The maximum Gasteiger partial charge on any atom is 0.0790 e. The molecule has 4 heteroatoms. The molecule has 2 atom stereocenters. The van der Waals surface area contributed by atoms with Crippen LogP contribution >= 0.6 is 11.6 Å². The Labute approximate surface area is 101 Å². The molecule has 92 valence electrons. The molecule has 0 spiro atoms. The zero-order valence-electron chi connectivity index (χ0n) is 9.58. The zero-order valence-corrected chi connectivity index (χ0v) is 11.2. The second-order valence-electron chi connectivity index (χ2n) is 3.89. The molecule has 0 saturated carbocycles. The van der Waals surface area contributed by atoms with Crippen molar-refractivity contribution in [1.29, 1.82) is 0 Å². The lowest BCUT2D eigenvalue weighted by Gasteiger charge is -2.06. The first-order chi connectivity index (χ1) is 7.20. The first-order valence-corrected chi connectivity index (χ1v) is 7.82. The van der Waals surface area contributed by atoms with Gasteiger partial charge in [-0.1, -0.05) is 39.0 Å². The van der Waals surface area contributed by atoms with Gasteiger partial charge in [-0.3, -0.25) is 4.21 Å². The summed E-state index contributed by atoms with van der Waals surface area (Å²) in [6.07, 6.45) is 6.64. The molecular weight excluding hydrogens is 232 g/mol. The van der Waals surface area contributed by atoms with Crippen molar-refractivity contribution in [2.75, 3.05) is 17.4 Å². The number of rotatable bonds is 10. The molecule has 0 aliphatic rings. The smallest absolute Gasteiger partial charge is 0.0790 e. The summed E-state index contributed by atoms with van der Waals surface area (Å²) in [4.78, 5) is 0. The fourth-order valence-corrected chi connectivity index (χ4v) is 2.86. The minimum Gasteiger partial charge on any atom is -0.391 e. The highest BCUT2D eigenvalue weighted by Crippen LogP contribution is 2.06. The number of alkyl halides is 1. The van der Waals surface area contributed by atoms with Crippen LogP contribution in [0.25, 0.3) is 0 Å². The van der Waals surface area contributed by atoms with E-state index in [1.807, 2.05) is 0 Å². The number of unbranched alkanes of at least 4 members (excludes halogenated alkanes) is 5. The van der Waals surface area contributed by atoms with E-state index >= 15 is 0 Å². The van der Waals surface area contributed by atoms with Gasteiger partial charge in [-0.2, -0.15) is 0 Å². The molecule has 0 heterocycles. The summed E-state index contributed by atoms with van der Waals surface area (Å²) < 4.78 is 11.4. The lowest BCUT2D eigenvalue weighted by molar-refractivity contribution is 0.222. The Morgan fingerprint density at radius 2 is 1.80 bits per heavy atom. The van der Waals surface area contributed by atoms with E-state index in [0.717, 1.165) is 12.8 Å². The van der Waals surface area contributed by atoms with Crippen molar-refractivity contribution in [3.05, 3.63) is 0 Å². The molecule has 0 rings (SSSR count). The van der Waals surface area contributed by atoms with Crippen molar-refractivity contribution < 1.29 is 9.32 Å². The molecule has 0 fully saturated rings. The highest BCUT2D eigenvalue weighted by molar-refractivity contribution is 7.85. The summed E-state index contributed by atoms with van der Waals surface area (Å²) in [5.74, 6) is 1.22. The van der Waals surface area contributed by atoms with E-state index < -0.39 is 16.9 Å². The van der Waals surface area contributed by atoms with Gasteiger partial charge in [0.05, 0.1) is 11.9 Å². The highest BCUT2D eigenvalue weighted by atomic mass is 35.5. The van der Waals surface area contributed by atoms with Crippen LogP contribution in [0.5, 0.6) is 0 Å². The Morgan fingerprint density at radius 1 is 1.20 bits per heavy atom. The summed E-state index contributed by atoms with van der Waals surface area (Å²) >= 11 is 5.43. The monoisotopic (exact) mass is 254 g/mol. The van der Waals surface area contributed by atoms with Crippen LogP contribution in [-0.2, 0) is 10.8 Å². The minimum atomic E-state index is -0.892. The van der Waals surface area contributed by atoms with Crippen LogP contribution in [0.2, 0.25) is 0 Å². The Bertz CT molecular complexity index is 165. The van der Waals surface area contributed by atoms with Gasteiger partial charge in [0.2, 0.25) is 0 Å². The Kier molecular flexibility index (Phi) is 11.2. The normalized spacial score (nSPS) is 15.1. The molecule has 2 unspecified atom stereocenters. The first-order valence-electron chi connectivity index (χ1n) is 5.79. The van der Waals surface area contributed by atoms with Crippen LogP contribution in [-0.4, -0.2) is 32.8 Å². The van der Waals surface area contributed by atoms with E-state index in [4.69, 9.17) is 11.6 Å². The highest BCUT2D eigenvalue weighted by Gasteiger charge is 2.07. The van der Waals surface area contributed by atoms with Gasteiger partial charge in [0.15, 0.2) is 0 Å². The van der Waals surface area contributed by atoms with Gasteiger partial charge in [0.25, 0.3) is 0 Å². The number of hydrogen-bond donors (Lipinski definition) is 1. The maximum absolute atomic E-state index is 11.4. The van der Waals surface area contributed by atoms with Crippen LogP contribution in [0.3, 0.4) is 0 Å².